The Kier molecular flexibility index (Phi) is 3.51. The Morgan fingerprint density at radius 2 is 2.35 bits per heavy atom. The van der Waals surface area contributed by atoms with Gasteiger partial charge in [-0.1, -0.05) is 0 Å². The Bertz CT molecular complexity index is 611. The van der Waals surface area contributed by atoms with Crippen LogP contribution in [0, 0.1) is 0 Å². The number of hydrogen-bond acceptors (Lipinski definition) is 7. The van der Waals surface area contributed by atoms with Crippen LogP contribution in [-0.2, 0) is 18.3 Å². The monoisotopic (exact) mass is 277 g/mol. The van der Waals surface area contributed by atoms with E-state index >= 15 is 0 Å². The van der Waals surface area contributed by atoms with E-state index in [2.05, 4.69) is 32.3 Å². The number of ether oxygens (including phenoxy) is 1. The minimum atomic E-state index is 0.365. The second-order valence-electron chi connectivity index (χ2n) is 5.03. The fourth-order valence-corrected chi connectivity index (χ4v) is 2.43. The van der Waals surface area contributed by atoms with Crippen LogP contribution < -0.4 is 11.3 Å². The van der Waals surface area contributed by atoms with Gasteiger partial charge >= 0.3 is 0 Å². The highest BCUT2D eigenvalue weighted by Crippen LogP contribution is 2.19. The Morgan fingerprint density at radius 3 is 3.10 bits per heavy atom. The summed E-state index contributed by atoms with van der Waals surface area (Å²) in [6.07, 6.45) is 1.71. The number of aryl methyl sites for hydroxylation is 1. The smallest absolute Gasteiger partial charge is 0.163 e. The summed E-state index contributed by atoms with van der Waals surface area (Å²) in [5, 5.41) is 5.02. The fourth-order valence-electron chi connectivity index (χ4n) is 2.43. The van der Waals surface area contributed by atoms with Gasteiger partial charge in [-0.2, -0.15) is 5.10 Å². The van der Waals surface area contributed by atoms with Crippen LogP contribution in [0.2, 0.25) is 0 Å². The molecule has 20 heavy (non-hydrogen) atoms. The SMILES string of the molecule is CC1COCCN1Cc1nc(NN)c2cnn(C)c2n1. The highest BCUT2D eigenvalue weighted by molar-refractivity contribution is 5.86. The highest BCUT2D eigenvalue weighted by atomic mass is 16.5. The van der Waals surface area contributed by atoms with Crippen LogP contribution in [-0.4, -0.2) is 50.4 Å². The lowest BCUT2D eigenvalue weighted by molar-refractivity contribution is -0.00544. The third-order valence-corrected chi connectivity index (χ3v) is 3.62. The van der Waals surface area contributed by atoms with Crippen LogP contribution in [0.3, 0.4) is 0 Å². The topological polar surface area (TPSA) is 94.1 Å². The van der Waals surface area contributed by atoms with E-state index in [1.54, 1.807) is 10.9 Å². The molecule has 0 aliphatic carbocycles. The number of hydrazine groups is 1. The Balaban J connectivity index is 1.92. The molecule has 3 rings (SSSR count). The van der Waals surface area contributed by atoms with Crippen LogP contribution in [0.15, 0.2) is 6.20 Å². The second kappa shape index (κ2) is 5.31. The van der Waals surface area contributed by atoms with Crippen LogP contribution in [0.5, 0.6) is 0 Å². The molecule has 8 heteroatoms. The number of rotatable bonds is 3. The number of nitrogen functional groups attached to an aromatic ring is 1. The van der Waals surface area contributed by atoms with Crippen molar-refractivity contribution in [3.63, 3.8) is 0 Å². The normalized spacial score (nSPS) is 20.4. The number of nitrogens with two attached hydrogens (primary N) is 1. The Morgan fingerprint density at radius 1 is 1.50 bits per heavy atom. The third-order valence-electron chi connectivity index (χ3n) is 3.62. The summed E-state index contributed by atoms with van der Waals surface area (Å²) in [6.45, 7) is 5.21. The molecule has 2 aromatic heterocycles. The van der Waals surface area contributed by atoms with Gasteiger partial charge in [0.15, 0.2) is 11.5 Å². The van der Waals surface area contributed by atoms with E-state index in [9.17, 15) is 0 Å². The molecule has 3 heterocycles. The average molecular weight is 277 g/mol. The maximum absolute atomic E-state index is 5.54. The van der Waals surface area contributed by atoms with Crippen molar-refractivity contribution >= 4 is 16.9 Å². The van der Waals surface area contributed by atoms with Crippen LogP contribution in [0.4, 0.5) is 5.82 Å². The lowest BCUT2D eigenvalue weighted by Gasteiger charge is -2.32. The van der Waals surface area contributed by atoms with Crippen LogP contribution in [0.25, 0.3) is 11.0 Å². The van der Waals surface area contributed by atoms with E-state index in [-0.39, 0.29) is 0 Å². The molecule has 0 saturated carbocycles. The molecular weight excluding hydrogens is 258 g/mol. The number of nitrogens with one attached hydrogen (secondary N) is 1. The Hall–Kier alpha value is -1.77. The standard InChI is InChI=1S/C12H19N7O/c1-8-7-20-4-3-19(8)6-10-15-11(17-13)9-5-14-18(2)12(9)16-10/h5,8H,3-4,6-7,13H2,1-2H3,(H,15,16,17). The van der Waals surface area contributed by atoms with Gasteiger partial charge in [-0.15, -0.1) is 0 Å². The van der Waals surface area contributed by atoms with E-state index in [0.29, 0.717) is 18.4 Å². The molecule has 8 nitrogen and oxygen atoms in total. The number of fused-ring (bicyclic) bond motifs is 1. The fraction of sp³-hybridized carbons (Fsp3) is 0.583. The molecule has 1 saturated heterocycles. The van der Waals surface area contributed by atoms with Gasteiger partial charge in [0.05, 0.1) is 31.3 Å². The number of aromatic nitrogens is 4. The molecule has 0 amide bonds. The molecule has 0 spiro atoms. The summed E-state index contributed by atoms with van der Waals surface area (Å²) in [5.41, 5.74) is 3.41. The quantitative estimate of drug-likeness (QED) is 0.596. The minimum Gasteiger partial charge on any atom is -0.379 e. The van der Waals surface area contributed by atoms with Crippen LogP contribution >= 0.6 is 0 Å². The summed E-state index contributed by atoms with van der Waals surface area (Å²) in [4.78, 5) is 11.4. The molecule has 3 N–H and O–H groups in total. The molecule has 1 aliphatic heterocycles. The summed E-state index contributed by atoms with van der Waals surface area (Å²) in [7, 11) is 1.86. The van der Waals surface area contributed by atoms with Crippen molar-refractivity contribution in [2.45, 2.75) is 19.5 Å². The first-order valence-corrected chi connectivity index (χ1v) is 6.66. The molecular formula is C12H19N7O. The first kappa shape index (κ1) is 13.2. The van der Waals surface area contributed by atoms with Crippen molar-refractivity contribution < 1.29 is 4.74 Å². The van der Waals surface area contributed by atoms with Crippen molar-refractivity contribution in [1.82, 2.24) is 24.6 Å². The molecule has 1 atom stereocenters. The van der Waals surface area contributed by atoms with Gasteiger partial charge in [-0.3, -0.25) is 9.58 Å². The zero-order chi connectivity index (χ0) is 14.1. The van der Waals surface area contributed by atoms with Gasteiger partial charge in [-0.05, 0) is 6.92 Å². The molecule has 1 fully saturated rings. The van der Waals surface area contributed by atoms with Crippen molar-refractivity contribution in [2.75, 3.05) is 25.2 Å². The van der Waals surface area contributed by atoms with E-state index in [1.165, 1.54) is 0 Å². The van der Waals surface area contributed by atoms with Crippen molar-refractivity contribution in [3.05, 3.63) is 12.0 Å². The van der Waals surface area contributed by atoms with Gasteiger partial charge in [0.1, 0.15) is 5.82 Å². The first-order chi connectivity index (χ1) is 9.69. The summed E-state index contributed by atoms with van der Waals surface area (Å²) in [6, 6.07) is 0.365. The highest BCUT2D eigenvalue weighted by Gasteiger charge is 2.21. The maximum Gasteiger partial charge on any atom is 0.163 e. The van der Waals surface area contributed by atoms with Crippen molar-refractivity contribution in [3.8, 4) is 0 Å². The number of anilines is 1. The number of morpholine rings is 1. The summed E-state index contributed by atoms with van der Waals surface area (Å²) >= 11 is 0. The van der Waals surface area contributed by atoms with E-state index < -0.39 is 0 Å². The third kappa shape index (κ3) is 2.33. The minimum absolute atomic E-state index is 0.365. The molecule has 0 aromatic carbocycles. The molecule has 108 valence electrons. The second-order valence-corrected chi connectivity index (χ2v) is 5.03. The lowest BCUT2D eigenvalue weighted by atomic mass is 10.2. The maximum atomic E-state index is 5.54. The van der Waals surface area contributed by atoms with E-state index in [0.717, 1.165) is 36.6 Å². The van der Waals surface area contributed by atoms with Gasteiger partial charge in [0.2, 0.25) is 0 Å². The van der Waals surface area contributed by atoms with E-state index in [1.807, 2.05) is 7.05 Å². The number of nitrogens with zero attached hydrogens (tertiary/aromatic N) is 5. The van der Waals surface area contributed by atoms with Crippen LogP contribution in [0.1, 0.15) is 12.7 Å². The predicted octanol–water partition coefficient (Wildman–Crippen LogP) is -0.130. The van der Waals surface area contributed by atoms with Gasteiger partial charge < -0.3 is 10.2 Å². The van der Waals surface area contributed by atoms with Gasteiger partial charge in [0, 0.05) is 19.6 Å². The first-order valence-electron chi connectivity index (χ1n) is 6.66. The predicted molar refractivity (Wildman–Crippen MR) is 74.8 cm³/mol. The van der Waals surface area contributed by atoms with E-state index in [4.69, 9.17) is 10.6 Å². The lowest BCUT2D eigenvalue weighted by Crippen LogP contribution is -2.43. The largest absolute Gasteiger partial charge is 0.379 e. The van der Waals surface area contributed by atoms with Gasteiger partial charge in [-0.25, -0.2) is 15.8 Å². The summed E-state index contributed by atoms with van der Waals surface area (Å²) < 4.78 is 7.17. The average Bonchev–Trinajstić information content (AvgIpc) is 2.82. The zero-order valence-corrected chi connectivity index (χ0v) is 11.7. The van der Waals surface area contributed by atoms with Gasteiger partial charge in [0.25, 0.3) is 0 Å². The van der Waals surface area contributed by atoms with Crippen molar-refractivity contribution in [2.24, 2.45) is 12.9 Å². The zero-order valence-electron chi connectivity index (χ0n) is 11.7. The number of hydrogen-bond donors (Lipinski definition) is 2. The molecule has 1 unspecified atom stereocenters. The molecule has 0 radical (unpaired) electrons. The summed E-state index contributed by atoms with van der Waals surface area (Å²) in [5.74, 6) is 6.89. The van der Waals surface area contributed by atoms with Crippen molar-refractivity contribution in [1.29, 1.82) is 0 Å². The molecule has 2 aromatic rings. The Labute approximate surface area is 116 Å². The molecule has 0 bridgehead atoms. The molecule has 1 aliphatic rings.